The van der Waals surface area contributed by atoms with Crippen molar-refractivity contribution in [2.24, 2.45) is 5.73 Å². The van der Waals surface area contributed by atoms with E-state index in [1.807, 2.05) is 11.0 Å². The van der Waals surface area contributed by atoms with Crippen molar-refractivity contribution in [1.82, 2.24) is 4.90 Å². The molecule has 0 radical (unpaired) electrons. The maximum Gasteiger partial charge on any atom is 0.306 e. The molecule has 0 saturated carbocycles. The minimum Gasteiger partial charge on any atom is -0.488 e. The number of rotatable bonds is 11. The van der Waals surface area contributed by atoms with Gasteiger partial charge in [0.1, 0.15) is 35.6 Å². The number of amides is 2. The normalized spacial score (nSPS) is 15.5. The summed E-state index contributed by atoms with van der Waals surface area (Å²) in [6.45, 7) is 13.6. The van der Waals surface area contributed by atoms with Crippen LogP contribution in [0.1, 0.15) is 67.9 Å². The van der Waals surface area contributed by atoms with Crippen LogP contribution < -0.4 is 15.4 Å². The first-order valence-electron chi connectivity index (χ1n) is 15.8. The van der Waals surface area contributed by atoms with E-state index in [1.165, 1.54) is 17.0 Å². The fourth-order valence-corrected chi connectivity index (χ4v) is 7.06. The van der Waals surface area contributed by atoms with E-state index in [0.717, 1.165) is 17.7 Å². The van der Waals surface area contributed by atoms with Crippen LogP contribution in [0, 0.1) is 18.2 Å². The molecule has 252 valence electrons. The van der Waals surface area contributed by atoms with Crippen molar-refractivity contribution in [3.8, 4) is 5.75 Å². The fraction of sp³-hybridized carbons (Fsp3) is 0.389. The molecule has 5 rings (SSSR count). The molecule has 2 amide bonds. The Hall–Kier alpha value is -4.63. The highest BCUT2D eigenvalue weighted by atomic mass is 32.2. The van der Waals surface area contributed by atoms with Gasteiger partial charge in [-0.2, -0.15) is 0 Å². The number of halogens is 2. The molecule has 1 saturated heterocycles. The number of nitrogens with zero attached hydrogens (tertiary/aromatic N) is 3. The zero-order valence-corrected chi connectivity index (χ0v) is 27.9. The molecule has 3 aromatic carbocycles. The van der Waals surface area contributed by atoms with E-state index in [-0.39, 0.29) is 36.9 Å². The van der Waals surface area contributed by atoms with Gasteiger partial charge in [-0.1, -0.05) is 18.2 Å². The van der Waals surface area contributed by atoms with Gasteiger partial charge in [0.2, 0.25) is 5.91 Å². The van der Waals surface area contributed by atoms with Gasteiger partial charge in [0, 0.05) is 46.3 Å². The van der Waals surface area contributed by atoms with Crippen LogP contribution in [0.4, 0.5) is 20.2 Å². The van der Waals surface area contributed by atoms with Gasteiger partial charge in [0.05, 0.1) is 18.8 Å². The summed E-state index contributed by atoms with van der Waals surface area (Å²) >= 11 is 1.59. The summed E-state index contributed by atoms with van der Waals surface area (Å²) in [5.74, 6) is -2.04. The molecular weight excluding hydrogens is 638 g/mol. The van der Waals surface area contributed by atoms with E-state index in [2.05, 4.69) is 4.85 Å². The number of hydrogen-bond acceptors (Lipinski definition) is 7. The van der Waals surface area contributed by atoms with E-state index in [1.54, 1.807) is 68.9 Å². The molecule has 1 fully saturated rings. The summed E-state index contributed by atoms with van der Waals surface area (Å²) in [6.07, 6.45) is 1.53. The van der Waals surface area contributed by atoms with Gasteiger partial charge in [-0.05, 0) is 76.4 Å². The standard InChI is InChI=1S/C36H38F2N4O5S/c1-36(2,3)47-33(43)13-12-31(34(39)44)42-20-27-26(35(42)45)6-5-7-32(27)46-21-22-8-10-25(19-28(22)37)48-24-14-16-41(17-15-24)30-11-9-23(40-4)18-29(30)38/h5-11,18-19,24,31H,12-17,20-21H2,1-3H3,(H2,39,44)/t31-/m0/s1. The van der Waals surface area contributed by atoms with Crippen LogP contribution in [0.25, 0.3) is 4.85 Å². The Balaban J connectivity index is 1.17. The molecule has 2 aliphatic heterocycles. The number of carbonyl (C=O) groups excluding carboxylic acids is 3. The molecule has 12 heteroatoms. The third kappa shape index (κ3) is 8.26. The lowest BCUT2D eigenvalue weighted by molar-refractivity contribution is -0.155. The number of nitrogens with two attached hydrogens (primary N) is 1. The van der Waals surface area contributed by atoms with Crippen LogP contribution in [-0.2, 0) is 27.5 Å². The average molecular weight is 677 g/mol. The molecule has 0 aromatic heterocycles. The Morgan fingerprint density at radius 3 is 2.48 bits per heavy atom. The van der Waals surface area contributed by atoms with E-state index in [0.29, 0.717) is 41.2 Å². The molecule has 0 bridgehead atoms. The number of fused-ring (bicyclic) bond motifs is 1. The van der Waals surface area contributed by atoms with Gasteiger partial charge in [0.25, 0.3) is 5.91 Å². The van der Waals surface area contributed by atoms with Crippen molar-refractivity contribution in [3.63, 3.8) is 0 Å². The summed E-state index contributed by atoms with van der Waals surface area (Å²) in [5, 5.41) is 0.245. The first-order chi connectivity index (χ1) is 22.8. The van der Waals surface area contributed by atoms with E-state index in [4.69, 9.17) is 21.8 Å². The quantitative estimate of drug-likeness (QED) is 0.176. The minimum absolute atomic E-state index is 0.0192. The average Bonchev–Trinajstić information content (AvgIpc) is 3.36. The summed E-state index contributed by atoms with van der Waals surface area (Å²) in [6, 6.07) is 13.5. The number of piperidine rings is 1. The Labute approximate surface area is 283 Å². The monoisotopic (exact) mass is 676 g/mol. The van der Waals surface area contributed by atoms with E-state index in [9.17, 15) is 18.8 Å². The van der Waals surface area contributed by atoms with E-state index >= 15 is 4.39 Å². The maximum atomic E-state index is 15.2. The SMILES string of the molecule is [C-]#[N+]c1ccc(N2CCC(Sc3ccc(COc4cccc5c4CN([C@@H](CCC(=O)OC(C)(C)C)C(N)=O)C5=O)c(F)c3)CC2)c(F)c1. The number of primary amides is 1. The number of esters is 1. The number of thioether (sulfide) groups is 1. The Kier molecular flexibility index (Phi) is 10.6. The maximum absolute atomic E-state index is 15.2. The Bertz CT molecular complexity index is 1750. The lowest BCUT2D eigenvalue weighted by Gasteiger charge is -2.33. The molecular formula is C36H38F2N4O5S. The van der Waals surface area contributed by atoms with Gasteiger partial charge in [0.15, 0.2) is 5.69 Å². The number of hydrogen-bond donors (Lipinski definition) is 1. The second-order valence-corrected chi connectivity index (χ2v) is 14.2. The molecule has 0 unspecified atom stereocenters. The smallest absolute Gasteiger partial charge is 0.306 e. The highest BCUT2D eigenvalue weighted by molar-refractivity contribution is 8.00. The largest absolute Gasteiger partial charge is 0.488 e. The second-order valence-electron chi connectivity index (χ2n) is 12.9. The molecule has 2 heterocycles. The molecule has 9 nitrogen and oxygen atoms in total. The van der Waals surface area contributed by atoms with Gasteiger partial charge >= 0.3 is 5.97 Å². The molecule has 2 N–H and O–H groups in total. The number of anilines is 1. The highest BCUT2D eigenvalue weighted by Crippen LogP contribution is 2.36. The van der Waals surface area contributed by atoms with Crippen molar-refractivity contribution >= 4 is 40.9 Å². The van der Waals surface area contributed by atoms with Crippen LogP contribution in [0.5, 0.6) is 5.75 Å². The van der Waals surface area contributed by atoms with Crippen molar-refractivity contribution in [2.75, 3.05) is 18.0 Å². The molecule has 2 aliphatic rings. The summed E-state index contributed by atoms with van der Waals surface area (Å²) < 4.78 is 41.0. The molecule has 0 aliphatic carbocycles. The minimum atomic E-state index is -1.02. The zero-order chi connectivity index (χ0) is 34.6. The van der Waals surface area contributed by atoms with Crippen LogP contribution in [0.2, 0.25) is 0 Å². The Morgan fingerprint density at radius 2 is 1.83 bits per heavy atom. The van der Waals surface area contributed by atoms with Crippen molar-refractivity contribution in [1.29, 1.82) is 0 Å². The van der Waals surface area contributed by atoms with Crippen molar-refractivity contribution in [2.45, 2.75) is 81.4 Å². The predicted molar refractivity (Wildman–Crippen MR) is 179 cm³/mol. The molecule has 0 spiro atoms. The molecule has 48 heavy (non-hydrogen) atoms. The zero-order valence-electron chi connectivity index (χ0n) is 27.1. The predicted octanol–water partition coefficient (Wildman–Crippen LogP) is 6.79. The number of benzene rings is 3. The Morgan fingerprint density at radius 1 is 1.08 bits per heavy atom. The van der Waals surface area contributed by atoms with Gasteiger partial charge in [-0.15, -0.1) is 11.8 Å². The summed E-state index contributed by atoms with van der Waals surface area (Å²) in [5.41, 5.74) is 7.00. The van der Waals surface area contributed by atoms with Gasteiger partial charge < -0.3 is 25.0 Å². The number of carbonyl (C=O) groups is 3. The lowest BCUT2D eigenvalue weighted by Crippen LogP contribution is -2.45. The first-order valence-corrected chi connectivity index (χ1v) is 16.6. The van der Waals surface area contributed by atoms with Crippen molar-refractivity contribution in [3.05, 3.63) is 94.3 Å². The summed E-state index contributed by atoms with van der Waals surface area (Å²) in [4.78, 5) is 45.3. The topological polar surface area (TPSA) is 107 Å². The lowest BCUT2D eigenvalue weighted by atomic mass is 10.1. The van der Waals surface area contributed by atoms with Crippen LogP contribution in [0.15, 0.2) is 59.5 Å². The molecule has 3 aromatic rings. The van der Waals surface area contributed by atoms with Gasteiger partial charge in [-0.3, -0.25) is 14.4 Å². The highest BCUT2D eigenvalue weighted by Gasteiger charge is 2.37. The van der Waals surface area contributed by atoms with Crippen LogP contribution in [-0.4, -0.2) is 52.7 Å². The van der Waals surface area contributed by atoms with Crippen molar-refractivity contribution < 1.29 is 32.6 Å². The second kappa shape index (κ2) is 14.6. The van der Waals surface area contributed by atoms with Gasteiger partial charge in [-0.25, -0.2) is 13.6 Å². The number of ether oxygens (including phenoxy) is 2. The van der Waals surface area contributed by atoms with Crippen LogP contribution in [0.3, 0.4) is 0 Å². The molecule has 1 atom stereocenters. The third-order valence-corrected chi connectivity index (χ3v) is 9.58. The van der Waals surface area contributed by atoms with E-state index < -0.39 is 41.1 Å². The first kappa shape index (κ1) is 34.7. The third-order valence-electron chi connectivity index (χ3n) is 8.25. The van der Waals surface area contributed by atoms with Crippen LogP contribution >= 0.6 is 11.8 Å². The summed E-state index contributed by atoms with van der Waals surface area (Å²) in [7, 11) is 0. The fourth-order valence-electron chi connectivity index (χ4n) is 5.91.